The van der Waals surface area contributed by atoms with Gasteiger partial charge >= 0.3 is 0 Å². The molecule has 0 fully saturated rings. The van der Waals surface area contributed by atoms with Gasteiger partial charge in [0, 0.05) is 6.04 Å². The average molecular weight is 243 g/mol. The summed E-state index contributed by atoms with van der Waals surface area (Å²) in [4.78, 5) is 0. The van der Waals surface area contributed by atoms with Crippen molar-refractivity contribution in [1.82, 2.24) is 0 Å². The van der Waals surface area contributed by atoms with E-state index in [1.54, 1.807) is 0 Å². The quantitative estimate of drug-likeness (QED) is 0.638. The van der Waals surface area contributed by atoms with Crippen molar-refractivity contribution < 1.29 is 0 Å². The Morgan fingerprint density at radius 1 is 0.824 bits per heavy atom. The van der Waals surface area contributed by atoms with Gasteiger partial charge in [-0.15, -0.1) is 0 Å². The Hall–Kier alpha value is -0.0400. The van der Waals surface area contributed by atoms with Crippen LogP contribution in [0, 0.1) is 10.8 Å². The summed E-state index contributed by atoms with van der Waals surface area (Å²) in [5.41, 5.74) is 7.17. The van der Waals surface area contributed by atoms with Gasteiger partial charge in [0.2, 0.25) is 0 Å². The Morgan fingerprint density at radius 2 is 1.18 bits per heavy atom. The minimum Gasteiger partial charge on any atom is -0.327 e. The van der Waals surface area contributed by atoms with E-state index in [0.29, 0.717) is 16.9 Å². The molecule has 0 heterocycles. The first-order chi connectivity index (χ1) is 7.87. The highest BCUT2D eigenvalue weighted by molar-refractivity contribution is 4.88. The molecule has 0 aromatic carbocycles. The fourth-order valence-corrected chi connectivity index (χ4v) is 2.09. The second-order valence-electron chi connectivity index (χ2n) is 5.69. The van der Waals surface area contributed by atoms with Gasteiger partial charge in [-0.25, -0.2) is 0 Å². The molecule has 0 aliphatic carbocycles. The van der Waals surface area contributed by atoms with Crippen LogP contribution in [0.25, 0.3) is 0 Å². The minimum atomic E-state index is 0.325. The standard InChI is InChI=1S/C14H31N.C2H6/c1-7-13(5,8-2)11-12(15)14(6,9-3)10-4;1-2/h12H,7-11,15H2,1-6H3;1-2H3. The summed E-state index contributed by atoms with van der Waals surface area (Å²) in [6.07, 6.45) is 6.02. The van der Waals surface area contributed by atoms with Gasteiger partial charge in [0.05, 0.1) is 0 Å². The van der Waals surface area contributed by atoms with Gasteiger partial charge < -0.3 is 5.73 Å². The molecule has 0 aliphatic rings. The molecule has 0 rings (SSSR count). The van der Waals surface area contributed by atoms with Crippen LogP contribution >= 0.6 is 0 Å². The van der Waals surface area contributed by atoms with Gasteiger partial charge in [-0.1, -0.05) is 68.2 Å². The number of rotatable bonds is 7. The second-order valence-corrected chi connectivity index (χ2v) is 5.69. The molecule has 0 aromatic heterocycles. The van der Waals surface area contributed by atoms with Crippen LogP contribution in [-0.4, -0.2) is 6.04 Å². The second kappa shape index (κ2) is 8.97. The molecule has 0 aromatic rings. The van der Waals surface area contributed by atoms with Gasteiger partial charge in [0.15, 0.2) is 0 Å². The lowest BCUT2D eigenvalue weighted by molar-refractivity contribution is 0.152. The highest BCUT2D eigenvalue weighted by Gasteiger charge is 2.33. The van der Waals surface area contributed by atoms with Crippen LogP contribution in [0.4, 0.5) is 0 Å². The van der Waals surface area contributed by atoms with Gasteiger partial charge in [-0.2, -0.15) is 0 Å². The Labute approximate surface area is 111 Å². The van der Waals surface area contributed by atoms with Crippen molar-refractivity contribution in [2.45, 2.75) is 93.5 Å². The molecular weight excluding hydrogens is 206 g/mol. The summed E-state index contributed by atoms with van der Waals surface area (Å²) in [5, 5.41) is 0. The van der Waals surface area contributed by atoms with E-state index >= 15 is 0 Å². The molecule has 1 atom stereocenters. The largest absolute Gasteiger partial charge is 0.327 e. The summed E-state index contributed by atoms with van der Waals surface area (Å²) in [7, 11) is 0. The Morgan fingerprint density at radius 3 is 1.41 bits per heavy atom. The van der Waals surface area contributed by atoms with Crippen LogP contribution in [0.5, 0.6) is 0 Å². The van der Waals surface area contributed by atoms with E-state index in [1.165, 1.54) is 25.7 Å². The zero-order valence-corrected chi connectivity index (χ0v) is 13.7. The molecule has 1 unspecified atom stereocenters. The third-order valence-electron chi connectivity index (χ3n) is 4.93. The lowest BCUT2D eigenvalue weighted by Crippen LogP contribution is -2.42. The van der Waals surface area contributed by atoms with E-state index in [0.717, 1.165) is 6.42 Å². The molecule has 0 aliphatic heterocycles. The van der Waals surface area contributed by atoms with Crippen LogP contribution in [0.3, 0.4) is 0 Å². The molecular formula is C16H37N. The van der Waals surface area contributed by atoms with Crippen molar-refractivity contribution in [1.29, 1.82) is 0 Å². The van der Waals surface area contributed by atoms with E-state index in [1.807, 2.05) is 13.8 Å². The van der Waals surface area contributed by atoms with Crippen LogP contribution in [0.2, 0.25) is 0 Å². The normalized spacial score (nSPS) is 13.9. The third-order valence-corrected chi connectivity index (χ3v) is 4.93. The van der Waals surface area contributed by atoms with Crippen LogP contribution in [0.1, 0.15) is 87.5 Å². The highest BCUT2D eigenvalue weighted by atomic mass is 14.7. The lowest BCUT2D eigenvalue weighted by Gasteiger charge is -2.39. The maximum absolute atomic E-state index is 6.41. The Balaban J connectivity index is 0. The molecule has 0 saturated carbocycles. The van der Waals surface area contributed by atoms with E-state index in [4.69, 9.17) is 5.73 Å². The molecule has 1 heteroatoms. The van der Waals surface area contributed by atoms with Crippen LogP contribution in [0.15, 0.2) is 0 Å². The molecule has 0 saturated heterocycles. The van der Waals surface area contributed by atoms with Crippen molar-refractivity contribution in [3.63, 3.8) is 0 Å². The molecule has 2 N–H and O–H groups in total. The topological polar surface area (TPSA) is 26.0 Å². The van der Waals surface area contributed by atoms with Crippen LogP contribution in [-0.2, 0) is 0 Å². The number of hydrogen-bond donors (Lipinski definition) is 1. The third kappa shape index (κ3) is 5.90. The summed E-state index contributed by atoms with van der Waals surface area (Å²) in [6.45, 7) is 17.8. The van der Waals surface area contributed by atoms with Gasteiger partial charge in [-0.05, 0) is 30.1 Å². The fraction of sp³-hybridized carbons (Fsp3) is 1.00. The number of hydrogen-bond acceptors (Lipinski definition) is 1. The van der Waals surface area contributed by atoms with Crippen molar-refractivity contribution >= 4 is 0 Å². The average Bonchev–Trinajstić information content (AvgIpc) is 2.39. The molecule has 106 valence electrons. The zero-order chi connectivity index (χ0) is 14.1. The molecule has 1 nitrogen and oxygen atoms in total. The predicted molar refractivity (Wildman–Crippen MR) is 81.3 cm³/mol. The van der Waals surface area contributed by atoms with Crippen molar-refractivity contribution in [3.05, 3.63) is 0 Å². The summed E-state index contributed by atoms with van der Waals surface area (Å²) in [6, 6.07) is 0.345. The van der Waals surface area contributed by atoms with E-state index < -0.39 is 0 Å². The van der Waals surface area contributed by atoms with Crippen molar-refractivity contribution in [3.8, 4) is 0 Å². The lowest BCUT2D eigenvalue weighted by atomic mass is 9.69. The molecule has 0 radical (unpaired) electrons. The summed E-state index contributed by atoms with van der Waals surface area (Å²) in [5.74, 6) is 0. The first-order valence-corrected chi connectivity index (χ1v) is 7.63. The monoisotopic (exact) mass is 243 g/mol. The number of nitrogens with two attached hydrogens (primary N) is 1. The van der Waals surface area contributed by atoms with Gasteiger partial charge in [0.25, 0.3) is 0 Å². The smallest absolute Gasteiger partial charge is 0.00978 e. The van der Waals surface area contributed by atoms with E-state index in [-0.39, 0.29) is 0 Å². The SMILES string of the molecule is CC.CCC(C)(CC)CC(N)C(C)(CC)CC. The zero-order valence-electron chi connectivity index (χ0n) is 13.7. The summed E-state index contributed by atoms with van der Waals surface area (Å²) >= 11 is 0. The van der Waals surface area contributed by atoms with Gasteiger partial charge in [-0.3, -0.25) is 0 Å². The fourth-order valence-electron chi connectivity index (χ4n) is 2.09. The Kier molecular flexibility index (Phi) is 10.2. The molecule has 17 heavy (non-hydrogen) atoms. The maximum Gasteiger partial charge on any atom is 0.00978 e. The highest BCUT2D eigenvalue weighted by Crippen LogP contribution is 2.38. The summed E-state index contributed by atoms with van der Waals surface area (Å²) < 4.78 is 0. The van der Waals surface area contributed by atoms with Crippen molar-refractivity contribution in [2.75, 3.05) is 0 Å². The van der Waals surface area contributed by atoms with Crippen molar-refractivity contribution in [2.24, 2.45) is 16.6 Å². The maximum atomic E-state index is 6.41. The van der Waals surface area contributed by atoms with Crippen LogP contribution < -0.4 is 5.73 Å². The Bertz CT molecular complexity index is 166. The van der Waals surface area contributed by atoms with Gasteiger partial charge in [0.1, 0.15) is 0 Å². The molecule has 0 amide bonds. The van der Waals surface area contributed by atoms with E-state index in [9.17, 15) is 0 Å². The van der Waals surface area contributed by atoms with E-state index in [2.05, 4.69) is 41.5 Å². The predicted octanol–water partition coefficient (Wildman–Crippen LogP) is 5.38. The minimum absolute atomic E-state index is 0.325. The molecule has 0 spiro atoms. The first-order valence-electron chi connectivity index (χ1n) is 7.63. The molecule has 0 bridgehead atoms. The first kappa shape index (κ1) is 19.3.